The Bertz CT molecular complexity index is 359. The van der Waals surface area contributed by atoms with Gasteiger partial charge >= 0.3 is 0 Å². The average molecular weight is 248 g/mol. The van der Waals surface area contributed by atoms with Crippen molar-refractivity contribution >= 4 is 0 Å². The molecule has 0 bridgehead atoms. The van der Waals surface area contributed by atoms with Crippen LogP contribution in [-0.4, -0.2) is 30.1 Å². The molecule has 2 unspecified atom stereocenters. The Labute approximate surface area is 110 Å². The van der Waals surface area contributed by atoms with E-state index in [1.165, 1.54) is 38.8 Å². The summed E-state index contributed by atoms with van der Waals surface area (Å²) >= 11 is 0. The molecule has 18 heavy (non-hydrogen) atoms. The topological polar surface area (TPSA) is 28.4 Å². The minimum absolute atomic E-state index is 0.671. The highest BCUT2D eigenvalue weighted by Crippen LogP contribution is 2.29. The maximum absolute atomic E-state index is 5.49. The van der Waals surface area contributed by atoms with Crippen molar-refractivity contribution in [3.05, 3.63) is 24.2 Å². The number of hydrogen-bond acceptors (Lipinski definition) is 3. The van der Waals surface area contributed by atoms with Gasteiger partial charge in [0, 0.05) is 18.6 Å². The van der Waals surface area contributed by atoms with Gasteiger partial charge in [0.05, 0.1) is 12.8 Å². The predicted octanol–water partition coefficient (Wildman–Crippen LogP) is 2.63. The lowest BCUT2D eigenvalue weighted by molar-refractivity contribution is 0.181. The third-order valence-electron chi connectivity index (χ3n) is 4.21. The van der Waals surface area contributed by atoms with Crippen molar-refractivity contribution in [2.24, 2.45) is 5.92 Å². The van der Waals surface area contributed by atoms with Crippen LogP contribution in [-0.2, 0) is 6.54 Å². The zero-order valence-electron chi connectivity index (χ0n) is 11.3. The van der Waals surface area contributed by atoms with Crippen LogP contribution in [0, 0.1) is 5.92 Å². The Balaban J connectivity index is 1.56. The molecule has 1 N–H and O–H groups in total. The zero-order valence-corrected chi connectivity index (χ0v) is 11.3. The molecule has 2 atom stereocenters. The molecular formula is C15H24N2O. The molecule has 1 saturated heterocycles. The van der Waals surface area contributed by atoms with E-state index in [1.54, 1.807) is 6.26 Å². The van der Waals surface area contributed by atoms with Crippen molar-refractivity contribution in [3.63, 3.8) is 0 Å². The second kappa shape index (κ2) is 5.45. The summed E-state index contributed by atoms with van der Waals surface area (Å²) in [6.07, 6.45) is 7.16. The van der Waals surface area contributed by atoms with Gasteiger partial charge in [-0.2, -0.15) is 0 Å². The SMILES string of the molecule is CC1CCNC(CN(Cc2ccco2)C2CC2)C1. The van der Waals surface area contributed by atoms with Gasteiger partial charge in [-0.25, -0.2) is 0 Å². The van der Waals surface area contributed by atoms with E-state index in [0.29, 0.717) is 6.04 Å². The first kappa shape index (κ1) is 12.2. The van der Waals surface area contributed by atoms with Gasteiger partial charge < -0.3 is 9.73 Å². The highest BCUT2D eigenvalue weighted by Gasteiger charge is 2.32. The summed E-state index contributed by atoms with van der Waals surface area (Å²) in [5.41, 5.74) is 0. The summed E-state index contributed by atoms with van der Waals surface area (Å²) in [7, 11) is 0. The van der Waals surface area contributed by atoms with Gasteiger partial charge in [-0.1, -0.05) is 6.92 Å². The number of hydrogen-bond donors (Lipinski definition) is 1. The fourth-order valence-corrected chi connectivity index (χ4v) is 3.03. The Hall–Kier alpha value is -0.800. The summed E-state index contributed by atoms with van der Waals surface area (Å²) in [5, 5.41) is 3.67. The molecule has 3 heteroatoms. The molecule has 100 valence electrons. The van der Waals surface area contributed by atoms with Crippen LogP contribution in [0.25, 0.3) is 0 Å². The maximum Gasteiger partial charge on any atom is 0.117 e. The van der Waals surface area contributed by atoms with E-state index in [4.69, 9.17) is 4.42 Å². The average Bonchev–Trinajstić information content (AvgIpc) is 3.08. The van der Waals surface area contributed by atoms with E-state index in [1.807, 2.05) is 6.07 Å². The Morgan fingerprint density at radius 1 is 1.39 bits per heavy atom. The molecule has 0 spiro atoms. The molecule has 2 fully saturated rings. The molecule has 0 amide bonds. The van der Waals surface area contributed by atoms with Crippen LogP contribution in [0.15, 0.2) is 22.8 Å². The van der Waals surface area contributed by atoms with E-state index in [0.717, 1.165) is 24.3 Å². The molecule has 1 aromatic heterocycles. The number of nitrogens with one attached hydrogen (secondary N) is 1. The van der Waals surface area contributed by atoms with Crippen LogP contribution in [0.2, 0.25) is 0 Å². The van der Waals surface area contributed by atoms with Crippen LogP contribution in [0.3, 0.4) is 0 Å². The third-order valence-corrected chi connectivity index (χ3v) is 4.21. The van der Waals surface area contributed by atoms with Crippen molar-refractivity contribution in [1.29, 1.82) is 0 Å². The second-order valence-corrected chi connectivity index (χ2v) is 6.02. The summed E-state index contributed by atoms with van der Waals surface area (Å²) in [5.74, 6) is 1.98. The van der Waals surface area contributed by atoms with Crippen LogP contribution in [0.1, 0.15) is 38.4 Å². The van der Waals surface area contributed by atoms with E-state index in [9.17, 15) is 0 Å². The lowest BCUT2D eigenvalue weighted by atomic mass is 9.94. The maximum atomic E-state index is 5.49. The van der Waals surface area contributed by atoms with E-state index >= 15 is 0 Å². The van der Waals surface area contributed by atoms with Gasteiger partial charge in [-0.15, -0.1) is 0 Å². The van der Waals surface area contributed by atoms with Crippen molar-refractivity contribution in [2.75, 3.05) is 13.1 Å². The summed E-state index contributed by atoms with van der Waals surface area (Å²) in [6, 6.07) is 5.55. The fraction of sp³-hybridized carbons (Fsp3) is 0.733. The molecule has 1 aliphatic heterocycles. The second-order valence-electron chi connectivity index (χ2n) is 6.02. The highest BCUT2D eigenvalue weighted by molar-refractivity contribution is 5.00. The first-order chi connectivity index (χ1) is 8.81. The first-order valence-corrected chi connectivity index (χ1v) is 7.31. The molecule has 1 saturated carbocycles. The van der Waals surface area contributed by atoms with Crippen LogP contribution >= 0.6 is 0 Å². The number of rotatable bonds is 5. The molecule has 1 aliphatic carbocycles. The molecule has 0 radical (unpaired) electrons. The number of furan rings is 1. The molecule has 3 nitrogen and oxygen atoms in total. The quantitative estimate of drug-likeness (QED) is 0.868. The van der Waals surface area contributed by atoms with E-state index in [-0.39, 0.29) is 0 Å². The van der Waals surface area contributed by atoms with Crippen LogP contribution < -0.4 is 5.32 Å². The van der Waals surface area contributed by atoms with Crippen molar-refractivity contribution in [3.8, 4) is 0 Å². The third kappa shape index (κ3) is 3.15. The van der Waals surface area contributed by atoms with E-state index < -0.39 is 0 Å². The normalized spacial score (nSPS) is 28.8. The Kier molecular flexibility index (Phi) is 3.71. The lowest BCUT2D eigenvalue weighted by Crippen LogP contribution is -2.46. The zero-order chi connectivity index (χ0) is 12.4. The molecular weight excluding hydrogens is 224 g/mol. The van der Waals surface area contributed by atoms with Crippen molar-refractivity contribution < 1.29 is 4.42 Å². The van der Waals surface area contributed by atoms with Gasteiger partial charge in [-0.05, 0) is 50.3 Å². The predicted molar refractivity (Wildman–Crippen MR) is 72.3 cm³/mol. The lowest BCUT2D eigenvalue weighted by Gasteiger charge is -2.32. The Morgan fingerprint density at radius 3 is 2.94 bits per heavy atom. The van der Waals surface area contributed by atoms with Crippen molar-refractivity contribution in [2.45, 2.75) is 51.2 Å². The smallest absolute Gasteiger partial charge is 0.117 e. The minimum Gasteiger partial charge on any atom is -0.468 e. The van der Waals surface area contributed by atoms with Gasteiger partial charge in [0.1, 0.15) is 5.76 Å². The summed E-state index contributed by atoms with van der Waals surface area (Å²) in [6.45, 7) is 5.72. The van der Waals surface area contributed by atoms with Gasteiger partial charge in [-0.3, -0.25) is 4.90 Å². The number of nitrogens with zero attached hydrogens (tertiary/aromatic N) is 1. The first-order valence-electron chi connectivity index (χ1n) is 7.31. The molecule has 0 aromatic carbocycles. The van der Waals surface area contributed by atoms with Gasteiger partial charge in [0.2, 0.25) is 0 Å². The number of piperidine rings is 1. The molecule has 3 rings (SSSR count). The standard InChI is InChI=1S/C15H24N2O/c1-12-6-7-16-13(9-12)10-17(14-4-5-14)11-15-3-2-8-18-15/h2-3,8,12-14,16H,4-7,9-11H2,1H3. The Morgan fingerprint density at radius 2 is 2.28 bits per heavy atom. The van der Waals surface area contributed by atoms with E-state index in [2.05, 4.69) is 23.2 Å². The molecule has 1 aromatic rings. The van der Waals surface area contributed by atoms with Gasteiger partial charge in [0.25, 0.3) is 0 Å². The summed E-state index contributed by atoms with van der Waals surface area (Å²) in [4.78, 5) is 2.61. The highest BCUT2D eigenvalue weighted by atomic mass is 16.3. The summed E-state index contributed by atoms with van der Waals surface area (Å²) < 4.78 is 5.49. The van der Waals surface area contributed by atoms with Crippen molar-refractivity contribution in [1.82, 2.24) is 10.2 Å². The largest absolute Gasteiger partial charge is 0.468 e. The molecule has 2 heterocycles. The van der Waals surface area contributed by atoms with Crippen LogP contribution in [0.4, 0.5) is 0 Å². The fourth-order valence-electron chi connectivity index (χ4n) is 3.03. The van der Waals surface area contributed by atoms with Gasteiger partial charge in [0.15, 0.2) is 0 Å². The monoisotopic (exact) mass is 248 g/mol. The van der Waals surface area contributed by atoms with Crippen LogP contribution in [0.5, 0.6) is 0 Å². The molecule has 2 aliphatic rings. The minimum atomic E-state index is 0.671.